The van der Waals surface area contributed by atoms with Crippen LogP contribution >= 0.6 is 11.3 Å². The van der Waals surface area contributed by atoms with Crippen molar-refractivity contribution in [1.82, 2.24) is 9.88 Å². The summed E-state index contributed by atoms with van der Waals surface area (Å²) in [4.78, 5) is 30.4. The summed E-state index contributed by atoms with van der Waals surface area (Å²) in [6.07, 6.45) is -0.658. The number of anilines is 2. The standard InChI is InChI=1S/C26H28F2N4O5S/c1-2-20(34)14-8-18(27)24(19(28)9-14)21-10-17(25(29)36)26(38-21)31-22-5-3-4-15(30-22)12-37-13-23(35)32-7-6-16(33)11-32/h3-5,8-10,16,20,33-34H,2,6-7,11-13H2,1H3,(H2,29,36)(H,30,31). The van der Waals surface area contributed by atoms with Crippen molar-refractivity contribution in [2.45, 2.75) is 38.6 Å². The van der Waals surface area contributed by atoms with Gasteiger partial charge in [-0.15, -0.1) is 11.3 Å². The molecule has 3 heterocycles. The van der Waals surface area contributed by atoms with Gasteiger partial charge in [-0.25, -0.2) is 13.8 Å². The highest BCUT2D eigenvalue weighted by molar-refractivity contribution is 7.20. The van der Waals surface area contributed by atoms with E-state index in [2.05, 4.69) is 10.3 Å². The zero-order chi connectivity index (χ0) is 27.4. The van der Waals surface area contributed by atoms with E-state index in [-0.39, 0.29) is 45.7 Å². The number of nitrogens with two attached hydrogens (primary N) is 1. The normalized spacial score (nSPS) is 16.0. The number of hydrogen-bond donors (Lipinski definition) is 4. The number of ether oxygens (including phenoxy) is 1. The summed E-state index contributed by atoms with van der Waals surface area (Å²) in [6, 6.07) is 8.48. The lowest BCUT2D eigenvalue weighted by Gasteiger charge is -2.15. The van der Waals surface area contributed by atoms with E-state index < -0.39 is 29.7 Å². The van der Waals surface area contributed by atoms with Gasteiger partial charge in [-0.3, -0.25) is 9.59 Å². The van der Waals surface area contributed by atoms with Crippen molar-refractivity contribution in [3.8, 4) is 10.4 Å². The van der Waals surface area contributed by atoms with Crippen LogP contribution in [0.2, 0.25) is 0 Å². The Morgan fingerprint density at radius 1 is 1.29 bits per heavy atom. The highest BCUT2D eigenvalue weighted by atomic mass is 32.1. The topological polar surface area (TPSA) is 138 Å². The number of carbonyl (C=O) groups excluding carboxylic acids is 2. The number of primary amides is 1. The Labute approximate surface area is 221 Å². The number of amides is 2. The number of aliphatic hydroxyl groups is 2. The van der Waals surface area contributed by atoms with Crippen LogP contribution in [0.3, 0.4) is 0 Å². The van der Waals surface area contributed by atoms with Crippen molar-refractivity contribution in [3.63, 3.8) is 0 Å². The Balaban J connectivity index is 1.49. The van der Waals surface area contributed by atoms with Crippen molar-refractivity contribution < 1.29 is 33.3 Å². The van der Waals surface area contributed by atoms with Gasteiger partial charge in [-0.1, -0.05) is 13.0 Å². The predicted molar refractivity (Wildman–Crippen MR) is 138 cm³/mol. The lowest BCUT2D eigenvalue weighted by Crippen LogP contribution is -2.32. The van der Waals surface area contributed by atoms with Crippen LogP contribution in [0.25, 0.3) is 10.4 Å². The third-order valence-corrected chi connectivity index (χ3v) is 7.19. The second-order valence-electron chi connectivity index (χ2n) is 8.92. The van der Waals surface area contributed by atoms with Gasteiger partial charge in [0.1, 0.15) is 29.1 Å². The summed E-state index contributed by atoms with van der Waals surface area (Å²) in [5, 5.41) is 22.7. The molecule has 5 N–H and O–H groups in total. The monoisotopic (exact) mass is 546 g/mol. The van der Waals surface area contributed by atoms with Crippen molar-refractivity contribution >= 4 is 34.0 Å². The number of carbonyl (C=O) groups is 2. The number of nitrogens with one attached hydrogen (secondary N) is 1. The summed E-state index contributed by atoms with van der Waals surface area (Å²) in [5.41, 5.74) is 5.85. The summed E-state index contributed by atoms with van der Waals surface area (Å²) in [5.74, 6) is -2.42. The second-order valence-corrected chi connectivity index (χ2v) is 9.97. The van der Waals surface area contributed by atoms with Gasteiger partial charge in [0, 0.05) is 18.0 Å². The smallest absolute Gasteiger partial charge is 0.251 e. The first-order valence-electron chi connectivity index (χ1n) is 12.0. The average Bonchev–Trinajstić information content (AvgIpc) is 3.49. The minimum absolute atomic E-state index is 0.0309. The number of aliphatic hydroxyl groups excluding tert-OH is 2. The molecule has 0 saturated carbocycles. The fraction of sp³-hybridized carbons (Fsp3) is 0.346. The van der Waals surface area contributed by atoms with Crippen LogP contribution in [0.15, 0.2) is 36.4 Å². The highest BCUT2D eigenvalue weighted by Gasteiger charge is 2.25. The molecule has 2 aromatic heterocycles. The van der Waals surface area contributed by atoms with Crippen LogP contribution in [0.1, 0.15) is 47.5 Å². The summed E-state index contributed by atoms with van der Waals surface area (Å²) in [7, 11) is 0. The number of β-amino-alcohol motifs (C(OH)–C–C–N with tert-alkyl or cyclic N) is 1. The molecular formula is C26H28F2N4O5S. The molecule has 2 unspecified atom stereocenters. The van der Waals surface area contributed by atoms with Gasteiger partial charge in [0.15, 0.2) is 0 Å². The molecule has 3 aromatic rings. The molecule has 1 fully saturated rings. The Hall–Kier alpha value is -3.45. The molecule has 0 aliphatic carbocycles. The number of aromatic nitrogens is 1. The third-order valence-electron chi connectivity index (χ3n) is 6.12. The van der Waals surface area contributed by atoms with Crippen LogP contribution in [0, 0.1) is 11.6 Å². The van der Waals surface area contributed by atoms with E-state index in [0.29, 0.717) is 37.4 Å². The fourth-order valence-corrected chi connectivity index (χ4v) is 5.21. The molecule has 0 bridgehead atoms. The summed E-state index contributed by atoms with van der Waals surface area (Å²) in [6.45, 7) is 2.37. The largest absolute Gasteiger partial charge is 0.391 e. The van der Waals surface area contributed by atoms with Gasteiger partial charge in [0.25, 0.3) is 5.91 Å². The third kappa shape index (κ3) is 6.33. The maximum atomic E-state index is 14.9. The van der Waals surface area contributed by atoms with E-state index in [1.807, 2.05) is 0 Å². The molecule has 1 aliphatic rings. The van der Waals surface area contributed by atoms with E-state index in [9.17, 15) is 28.6 Å². The molecule has 202 valence electrons. The Morgan fingerprint density at radius 3 is 2.66 bits per heavy atom. The Kier molecular flexibility index (Phi) is 8.67. The van der Waals surface area contributed by atoms with Crippen LogP contribution in [0.4, 0.5) is 19.6 Å². The maximum Gasteiger partial charge on any atom is 0.251 e. The minimum atomic E-state index is -0.997. The van der Waals surface area contributed by atoms with E-state index in [0.717, 1.165) is 23.5 Å². The minimum Gasteiger partial charge on any atom is -0.391 e. The molecule has 0 spiro atoms. The first-order chi connectivity index (χ1) is 18.2. The first-order valence-corrected chi connectivity index (χ1v) is 12.9. The van der Waals surface area contributed by atoms with Crippen LogP contribution < -0.4 is 11.1 Å². The number of pyridine rings is 1. The van der Waals surface area contributed by atoms with Crippen LogP contribution in [0.5, 0.6) is 0 Å². The van der Waals surface area contributed by atoms with Crippen LogP contribution in [-0.2, 0) is 16.1 Å². The maximum absolute atomic E-state index is 14.9. The molecule has 4 rings (SSSR count). The van der Waals surface area contributed by atoms with Gasteiger partial charge in [0.2, 0.25) is 5.91 Å². The van der Waals surface area contributed by atoms with Crippen molar-refractivity contribution in [2.75, 3.05) is 25.0 Å². The van der Waals surface area contributed by atoms with Gasteiger partial charge in [-0.05, 0) is 48.7 Å². The van der Waals surface area contributed by atoms with Crippen molar-refractivity contribution in [1.29, 1.82) is 0 Å². The van der Waals surface area contributed by atoms with Gasteiger partial charge < -0.3 is 30.9 Å². The molecule has 1 aliphatic heterocycles. The van der Waals surface area contributed by atoms with E-state index in [1.54, 1.807) is 30.0 Å². The molecule has 2 atom stereocenters. The molecule has 9 nitrogen and oxygen atoms in total. The molecule has 12 heteroatoms. The zero-order valence-electron chi connectivity index (χ0n) is 20.6. The fourth-order valence-electron chi connectivity index (χ4n) is 4.09. The lowest BCUT2D eigenvalue weighted by molar-refractivity contribution is -0.135. The number of nitrogens with zero attached hydrogens (tertiary/aromatic N) is 2. The number of likely N-dealkylation sites (tertiary alicyclic amines) is 1. The highest BCUT2D eigenvalue weighted by Crippen LogP contribution is 2.40. The number of hydrogen-bond acceptors (Lipinski definition) is 8. The summed E-state index contributed by atoms with van der Waals surface area (Å²) < 4.78 is 35.2. The van der Waals surface area contributed by atoms with E-state index in [4.69, 9.17) is 10.5 Å². The molecule has 0 radical (unpaired) electrons. The van der Waals surface area contributed by atoms with Gasteiger partial charge in [0.05, 0.1) is 35.6 Å². The molecule has 1 aromatic carbocycles. The molecule has 2 amide bonds. The summed E-state index contributed by atoms with van der Waals surface area (Å²) >= 11 is 0.930. The molecular weight excluding hydrogens is 518 g/mol. The number of thiophene rings is 1. The average molecular weight is 547 g/mol. The van der Waals surface area contributed by atoms with Crippen molar-refractivity contribution in [3.05, 3.63) is 64.9 Å². The van der Waals surface area contributed by atoms with Gasteiger partial charge in [-0.2, -0.15) is 0 Å². The van der Waals surface area contributed by atoms with Crippen molar-refractivity contribution in [2.24, 2.45) is 5.73 Å². The van der Waals surface area contributed by atoms with E-state index in [1.165, 1.54) is 6.07 Å². The zero-order valence-corrected chi connectivity index (χ0v) is 21.4. The first kappa shape index (κ1) is 27.6. The van der Waals surface area contributed by atoms with Crippen LogP contribution in [-0.4, -0.2) is 57.7 Å². The Bertz CT molecular complexity index is 1310. The molecule has 38 heavy (non-hydrogen) atoms. The second kappa shape index (κ2) is 11.9. The van der Waals surface area contributed by atoms with Gasteiger partial charge >= 0.3 is 0 Å². The van der Waals surface area contributed by atoms with E-state index >= 15 is 0 Å². The number of benzene rings is 1. The molecule has 1 saturated heterocycles. The quantitative estimate of drug-likeness (QED) is 0.305. The predicted octanol–water partition coefficient (Wildman–Crippen LogP) is 3.48. The Morgan fingerprint density at radius 2 is 2.03 bits per heavy atom. The SMILES string of the molecule is CCC(O)c1cc(F)c(-c2cc(C(N)=O)c(Nc3cccc(COCC(=O)N4CCC(O)C4)n3)s2)c(F)c1. The number of rotatable bonds is 10. The lowest BCUT2D eigenvalue weighted by atomic mass is 10.0. The number of halogens is 2.